The molecule has 5 nitrogen and oxygen atoms in total. The fraction of sp³-hybridized carbons (Fsp3) is 0.538. The van der Waals surface area contributed by atoms with Gasteiger partial charge in [-0.15, -0.1) is 0 Å². The molecule has 2 saturated heterocycles. The van der Waals surface area contributed by atoms with E-state index in [1.165, 1.54) is 18.7 Å². The molecule has 2 aliphatic rings. The van der Waals surface area contributed by atoms with Crippen LogP contribution in [0.15, 0.2) is 12.3 Å². The molecule has 0 bridgehead atoms. The normalized spacial score (nSPS) is 23.4. The molecule has 1 aromatic heterocycles. The van der Waals surface area contributed by atoms with Crippen LogP contribution in [0.3, 0.4) is 0 Å². The summed E-state index contributed by atoms with van der Waals surface area (Å²) in [5.74, 6) is -1.20. The van der Waals surface area contributed by atoms with Gasteiger partial charge in [0, 0.05) is 31.9 Å². The molecule has 0 spiro atoms. The average molecular weight is 264 g/mol. The van der Waals surface area contributed by atoms with Crippen LogP contribution in [-0.2, 0) is 0 Å². The van der Waals surface area contributed by atoms with Crippen molar-refractivity contribution in [2.45, 2.75) is 18.9 Å². The number of amides is 1. The minimum atomic E-state index is -0.707. The van der Waals surface area contributed by atoms with E-state index < -0.39 is 5.82 Å². The zero-order chi connectivity index (χ0) is 13.4. The van der Waals surface area contributed by atoms with Crippen LogP contribution in [0.4, 0.5) is 10.2 Å². The summed E-state index contributed by atoms with van der Waals surface area (Å²) in [7, 11) is 0. The van der Waals surface area contributed by atoms with Gasteiger partial charge in [-0.2, -0.15) is 0 Å². The number of carbonyl (C=O) groups is 1. The van der Waals surface area contributed by atoms with Gasteiger partial charge in [0.05, 0.1) is 5.56 Å². The SMILES string of the molecule is Nc1nccc(C(=O)N2CCN3CCCC3C2)c1F. The standard InChI is InChI=1S/C13H17FN4O/c14-11-10(3-4-16-12(11)15)13(19)18-7-6-17-5-1-2-9(17)8-18/h3-4,9H,1-2,5-8H2,(H2,15,16). The number of anilines is 1. The molecule has 102 valence electrons. The van der Waals surface area contributed by atoms with Crippen LogP contribution in [0, 0.1) is 5.82 Å². The van der Waals surface area contributed by atoms with Crippen molar-refractivity contribution in [3.8, 4) is 0 Å². The topological polar surface area (TPSA) is 62.5 Å². The summed E-state index contributed by atoms with van der Waals surface area (Å²) in [4.78, 5) is 20.1. The number of hydrogen-bond acceptors (Lipinski definition) is 4. The Kier molecular flexibility index (Phi) is 3.10. The first kappa shape index (κ1) is 12.3. The number of nitrogens with zero attached hydrogens (tertiary/aromatic N) is 3. The van der Waals surface area contributed by atoms with Gasteiger partial charge < -0.3 is 10.6 Å². The summed E-state index contributed by atoms with van der Waals surface area (Å²) in [6.07, 6.45) is 3.67. The molecule has 0 aliphatic carbocycles. The van der Waals surface area contributed by atoms with E-state index in [9.17, 15) is 9.18 Å². The van der Waals surface area contributed by atoms with Crippen molar-refractivity contribution >= 4 is 11.7 Å². The first-order valence-electron chi connectivity index (χ1n) is 6.60. The smallest absolute Gasteiger partial charge is 0.257 e. The van der Waals surface area contributed by atoms with Gasteiger partial charge in [0.15, 0.2) is 11.6 Å². The predicted molar refractivity (Wildman–Crippen MR) is 69.1 cm³/mol. The first-order chi connectivity index (χ1) is 9.16. The Morgan fingerprint density at radius 2 is 2.26 bits per heavy atom. The van der Waals surface area contributed by atoms with Crippen LogP contribution in [0.25, 0.3) is 0 Å². The molecule has 2 aliphatic heterocycles. The van der Waals surface area contributed by atoms with Crippen LogP contribution in [-0.4, -0.2) is 52.9 Å². The van der Waals surface area contributed by atoms with Gasteiger partial charge in [0.2, 0.25) is 0 Å². The number of hydrogen-bond donors (Lipinski definition) is 1. The van der Waals surface area contributed by atoms with E-state index in [0.717, 1.165) is 19.5 Å². The maximum Gasteiger partial charge on any atom is 0.257 e. The summed E-state index contributed by atoms with van der Waals surface area (Å²) < 4.78 is 13.8. The third kappa shape index (κ3) is 2.16. The molecule has 0 saturated carbocycles. The van der Waals surface area contributed by atoms with E-state index >= 15 is 0 Å². The third-order valence-corrected chi connectivity index (χ3v) is 4.02. The van der Waals surface area contributed by atoms with E-state index in [0.29, 0.717) is 19.1 Å². The number of piperazine rings is 1. The van der Waals surface area contributed by atoms with Crippen molar-refractivity contribution in [2.75, 3.05) is 31.9 Å². The average Bonchev–Trinajstić information content (AvgIpc) is 2.88. The lowest BCUT2D eigenvalue weighted by atomic mass is 10.1. The quantitative estimate of drug-likeness (QED) is 0.812. The summed E-state index contributed by atoms with van der Waals surface area (Å²) in [6, 6.07) is 1.83. The zero-order valence-electron chi connectivity index (χ0n) is 10.7. The highest BCUT2D eigenvalue weighted by molar-refractivity contribution is 5.95. The maximum absolute atomic E-state index is 13.8. The lowest BCUT2D eigenvalue weighted by molar-refractivity contribution is 0.0567. The van der Waals surface area contributed by atoms with E-state index in [1.807, 2.05) is 0 Å². The fourth-order valence-corrected chi connectivity index (χ4v) is 2.97. The number of halogens is 1. The Morgan fingerprint density at radius 1 is 1.42 bits per heavy atom. The molecule has 1 aromatic rings. The molecule has 19 heavy (non-hydrogen) atoms. The molecule has 3 heterocycles. The Labute approximate surface area is 111 Å². The molecule has 6 heteroatoms. The van der Waals surface area contributed by atoms with Gasteiger partial charge in [-0.1, -0.05) is 0 Å². The van der Waals surface area contributed by atoms with E-state index in [-0.39, 0.29) is 17.3 Å². The highest BCUT2D eigenvalue weighted by Gasteiger charge is 2.33. The van der Waals surface area contributed by atoms with Crippen molar-refractivity contribution in [1.82, 2.24) is 14.8 Å². The second-order valence-corrected chi connectivity index (χ2v) is 5.14. The molecule has 0 radical (unpaired) electrons. The van der Waals surface area contributed by atoms with Crippen LogP contribution in [0.1, 0.15) is 23.2 Å². The van der Waals surface area contributed by atoms with Gasteiger partial charge in [0.25, 0.3) is 5.91 Å². The van der Waals surface area contributed by atoms with Gasteiger partial charge in [-0.05, 0) is 25.5 Å². The van der Waals surface area contributed by atoms with Crippen LogP contribution in [0.5, 0.6) is 0 Å². The monoisotopic (exact) mass is 264 g/mol. The van der Waals surface area contributed by atoms with Crippen molar-refractivity contribution in [1.29, 1.82) is 0 Å². The summed E-state index contributed by atoms with van der Waals surface area (Å²) >= 11 is 0. The Morgan fingerprint density at radius 3 is 3.11 bits per heavy atom. The fourth-order valence-electron chi connectivity index (χ4n) is 2.97. The van der Waals surface area contributed by atoms with Crippen molar-refractivity contribution in [3.63, 3.8) is 0 Å². The molecule has 1 atom stereocenters. The first-order valence-corrected chi connectivity index (χ1v) is 6.60. The second kappa shape index (κ2) is 4.77. The van der Waals surface area contributed by atoms with E-state index in [1.54, 1.807) is 4.90 Å². The Balaban J connectivity index is 1.79. The van der Waals surface area contributed by atoms with E-state index in [2.05, 4.69) is 9.88 Å². The molecule has 0 aromatic carbocycles. The molecule has 1 unspecified atom stereocenters. The minimum Gasteiger partial charge on any atom is -0.381 e. The molecule has 2 fully saturated rings. The molecular weight excluding hydrogens is 247 g/mol. The molecule has 2 N–H and O–H groups in total. The van der Waals surface area contributed by atoms with Crippen LogP contribution >= 0.6 is 0 Å². The van der Waals surface area contributed by atoms with E-state index in [4.69, 9.17) is 5.73 Å². The largest absolute Gasteiger partial charge is 0.381 e. The molecule has 1 amide bonds. The summed E-state index contributed by atoms with van der Waals surface area (Å²) in [6.45, 7) is 3.32. The Hall–Kier alpha value is -1.69. The third-order valence-electron chi connectivity index (χ3n) is 4.02. The Bertz CT molecular complexity index is 507. The zero-order valence-corrected chi connectivity index (χ0v) is 10.7. The van der Waals surface area contributed by atoms with Gasteiger partial charge >= 0.3 is 0 Å². The number of carbonyl (C=O) groups excluding carboxylic acids is 1. The van der Waals surface area contributed by atoms with Gasteiger partial charge in [0.1, 0.15) is 0 Å². The van der Waals surface area contributed by atoms with Crippen molar-refractivity contribution < 1.29 is 9.18 Å². The van der Waals surface area contributed by atoms with Gasteiger partial charge in [-0.25, -0.2) is 9.37 Å². The predicted octanol–water partition coefficient (Wildman–Crippen LogP) is 0.723. The number of pyridine rings is 1. The lowest BCUT2D eigenvalue weighted by Gasteiger charge is -2.37. The highest BCUT2D eigenvalue weighted by atomic mass is 19.1. The minimum absolute atomic E-state index is 0.0268. The van der Waals surface area contributed by atoms with Gasteiger partial charge in [-0.3, -0.25) is 9.69 Å². The second-order valence-electron chi connectivity index (χ2n) is 5.14. The highest BCUT2D eigenvalue weighted by Crippen LogP contribution is 2.23. The number of nitrogen functional groups attached to an aromatic ring is 1. The van der Waals surface area contributed by atoms with Crippen molar-refractivity contribution in [2.24, 2.45) is 0 Å². The number of rotatable bonds is 1. The number of aromatic nitrogens is 1. The number of nitrogens with two attached hydrogens (primary N) is 1. The summed E-state index contributed by atoms with van der Waals surface area (Å²) in [5.41, 5.74) is 5.44. The molecular formula is C13H17FN4O. The van der Waals surface area contributed by atoms with Crippen LogP contribution < -0.4 is 5.73 Å². The molecule has 3 rings (SSSR count). The lowest BCUT2D eigenvalue weighted by Crippen LogP contribution is -2.52. The van der Waals surface area contributed by atoms with Crippen LogP contribution in [0.2, 0.25) is 0 Å². The maximum atomic E-state index is 13.8. The number of fused-ring (bicyclic) bond motifs is 1. The summed E-state index contributed by atoms with van der Waals surface area (Å²) in [5, 5.41) is 0. The van der Waals surface area contributed by atoms with Crippen molar-refractivity contribution in [3.05, 3.63) is 23.6 Å².